The van der Waals surface area contributed by atoms with Crippen LogP contribution in [0.3, 0.4) is 0 Å². The van der Waals surface area contributed by atoms with Gasteiger partial charge >= 0.3 is 0 Å². The maximum atomic E-state index is 13.7. The molecule has 98 valence electrons. The third-order valence-corrected chi connectivity index (χ3v) is 3.02. The predicted molar refractivity (Wildman–Crippen MR) is 65.0 cm³/mol. The van der Waals surface area contributed by atoms with Crippen molar-refractivity contribution in [1.82, 2.24) is 9.88 Å². The average molecular weight is 252 g/mol. The molecule has 2 rings (SSSR count). The van der Waals surface area contributed by atoms with Crippen molar-refractivity contribution in [2.24, 2.45) is 0 Å². The summed E-state index contributed by atoms with van der Waals surface area (Å²) in [5, 5.41) is 0. The van der Waals surface area contributed by atoms with Crippen LogP contribution in [0.1, 0.15) is 35.8 Å². The minimum absolute atomic E-state index is 0.0602. The second kappa shape index (κ2) is 5.44. The van der Waals surface area contributed by atoms with Crippen molar-refractivity contribution in [2.75, 3.05) is 26.3 Å². The maximum absolute atomic E-state index is 13.7. The summed E-state index contributed by atoms with van der Waals surface area (Å²) >= 11 is 0. The number of carbonyl (C=O) groups excluding carboxylic acids is 1. The van der Waals surface area contributed by atoms with E-state index in [1.165, 1.54) is 0 Å². The minimum Gasteiger partial charge on any atom is -0.378 e. The van der Waals surface area contributed by atoms with E-state index in [0.717, 1.165) is 0 Å². The van der Waals surface area contributed by atoms with Crippen molar-refractivity contribution >= 4 is 5.91 Å². The van der Waals surface area contributed by atoms with E-state index in [-0.39, 0.29) is 17.5 Å². The number of hydrogen-bond acceptors (Lipinski definition) is 3. The van der Waals surface area contributed by atoms with Gasteiger partial charge in [0, 0.05) is 18.7 Å². The number of morpholine rings is 1. The number of pyridine rings is 1. The van der Waals surface area contributed by atoms with Gasteiger partial charge < -0.3 is 9.64 Å². The summed E-state index contributed by atoms with van der Waals surface area (Å²) in [6, 6.07) is 3.23. The Kier molecular flexibility index (Phi) is 3.91. The van der Waals surface area contributed by atoms with Crippen LogP contribution in [0.5, 0.6) is 0 Å². The number of hydrogen-bond donors (Lipinski definition) is 0. The number of ether oxygens (including phenoxy) is 1. The molecule has 4 nitrogen and oxygen atoms in total. The van der Waals surface area contributed by atoms with Crippen LogP contribution in [0, 0.1) is 5.95 Å². The fourth-order valence-corrected chi connectivity index (χ4v) is 1.92. The van der Waals surface area contributed by atoms with Crippen molar-refractivity contribution in [3.8, 4) is 0 Å². The second-order valence-corrected chi connectivity index (χ2v) is 4.64. The zero-order valence-electron chi connectivity index (χ0n) is 10.6. The third kappa shape index (κ3) is 2.67. The van der Waals surface area contributed by atoms with Crippen LogP contribution in [-0.2, 0) is 4.74 Å². The molecule has 1 aromatic heterocycles. The van der Waals surface area contributed by atoms with Gasteiger partial charge in [-0.3, -0.25) is 4.79 Å². The zero-order chi connectivity index (χ0) is 13.1. The Bertz CT molecular complexity index is 443. The Morgan fingerprint density at radius 3 is 2.61 bits per heavy atom. The molecule has 1 amide bonds. The largest absolute Gasteiger partial charge is 0.378 e. The number of carbonyl (C=O) groups is 1. The zero-order valence-corrected chi connectivity index (χ0v) is 10.6. The van der Waals surface area contributed by atoms with Gasteiger partial charge in [-0.05, 0) is 12.0 Å². The molecule has 0 radical (unpaired) electrons. The number of aromatic nitrogens is 1. The molecular formula is C13H17FN2O2. The molecule has 1 aliphatic rings. The highest BCUT2D eigenvalue weighted by Crippen LogP contribution is 2.17. The topological polar surface area (TPSA) is 42.4 Å². The second-order valence-electron chi connectivity index (χ2n) is 4.64. The van der Waals surface area contributed by atoms with Gasteiger partial charge in [0.05, 0.1) is 13.2 Å². The first kappa shape index (κ1) is 13.0. The molecule has 1 aliphatic heterocycles. The van der Waals surface area contributed by atoms with Crippen LogP contribution < -0.4 is 0 Å². The first-order chi connectivity index (χ1) is 8.59. The van der Waals surface area contributed by atoms with Gasteiger partial charge in [0.2, 0.25) is 5.95 Å². The van der Waals surface area contributed by atoms with E-state index in [1.807, 2.05) is 13.8 Å². The molecule has 1 fully saturated rings. The van der Waals surface area contributed by atoms with Crippen molar-refractivity contribution in [3.05, 3.63) is 29.3 Å². The van der Waals surface area contributed by atoms with E-state index in [0.29, 0.717) is 31.9 Å². The summed E-state index contributed by atoms with van der Waals surface area (Å²) in [6.45, 7) is 5.91. The van der Waals surface area contributed by atoms with Crippen LogP contribution in [0.4, 0.5) is 4.39 Å². The van der Waals surface area contributed by atoms with Crippen molar-refractivity contribution < 1.29 is 13.9 Å². The molecule has 0 N–H and O–H groups in total. The van der Waals surface area contributed by atoms with Gasteiger partial charge in [-0.25, -0.2) is 4.98 Å². The fourth-order valence-electron chi connectivity index (χ4n) is 1.92. The third-order valence-electron chi connectivity index (χ3n) is 3.02. The van der Waals surface area contributed by atoms with Crippen molar-refractivity contribution in [2.45, 2.75) is 19.8 Å². The van der Waals surface area contributed by atoms with Crippen LogP contribution in [0.15, 0.2) is 12.1 Å². The summed E-state index contributed by atoms with van der Waals surface area (Å²) < 4.78 is 18.9. The van der Waals surface area contributed by atoms with Gasteiger partial charge in [-0.1, -0.05) is 19.9 Å². The highest BCUT2D eigenvalue weighted by molar-refractivity contribution is 5.92. The fraction of sp³-hybridized carbons (Fsp3) is 0.538. The van der Waals surface area contributed by atoms with E-state index < -0.39 is 5.95 Å². The molecule has 0 unspecified atom stereocenters. The summed E-state index contributed by atoms with van der Waals surface area (Å²) in [5.74, 6) is -0.721. The van der Waals surface area contributed by atoms with E-state index in [4.69, 9.17) is 4.74 Å². The summed E-state index contributed by atoms with van der Waals surface area (Å²) in [5.41, 5.74) is 0.701. The Balaban J connectivity index is 2.18. The predicted octanol–water partition coefficient (Wildman–Crippen LogP) is 1.82. The first-order valence-corrected chi connectivity index (χ1v) is 6.13. The molecule has 0 aromatic carbocycles. The lowest BCUT2D eigenvalue weighted by Gasteiger charge is -2.26. The van der Waals surface area contributed by atoms with Crippen LogP contribution in [0.2, 0.25) is 0 Å². The van der Waals surface area contributed by atoms with Crippen LogP contribution in [-0.4, -0.2) is 42.1 Å². The number of halogens is 1. The molecule has 1 saturated heterocycles. The molecule has 0 bridgehead atoms. The van der Waals surface area contributed by atoms with Crippen LogP contribution in [0.25, 0.3) is 0 Å². The van der Waals surface area contributed by atoms with Gasteiger partial charge in [-0.15, -0.1) is 0 Å². The van der Waals surface area contributed by atoms with Gasteiger partial charge in [0.15, 0.2) is 0 Å². The highest BCUT2D eigenvalue weighted by atomic mass is 19.1. The van der Waals surface area contributed by atoms with Crippen LogP contribution >= 0.6 is 0 Å². The molecule has 0 saturated carbocycles. The molecule has 0 aliphatic carbocycles. The standard InChI is InChI=1S/C13H17FN2O2/c1-9(2)10-3-4-11(15-12(10)14)13(17)16-5-7-18-8-6-16/h3-4,9H,5-8H2,1-2H3. The minimum atomic E-state index is -0.552. The molecule has 2 heterocycles. The molecule has 18 heavy (non-hydrogen) atoms. The van der Waals surface area contributed by atoms with Crippen molar-refractivity contribution in [3.63, 3.8) is 0 Å². The Hall–Kier alpha value is -1.49. The van der Waals surface area contributed by atoms with Gasteiger partial charge in [0.25, 0.3) is 5.91 Å². The van der Waals surface area contributed by atoms with E-state index in [2.05, 4.69) is 4.98 Å². The smallest absolute Gasteiger partial charge is 0.272 e. The lowest BCUT2D eigenvalue weighted by Crippen LogP contribution is -2.41. The Labute approximate surface area is 106 Å². The molecule has 1 aromatic rings. The maximum Gasteiger partial charge on any atom is 0.272 e. The average Bonchev–Trinajstić information content (AvgIpc) is 2.38. The monoisotopic (exact) mass is 252 g/mol. The normalized spacial score (nSPS) is 16.1. The van der Waals surface area contributed by atoms with Crippen molar-refractivity contribution in [1.29, 1.82) is 0 Å². The highest BCUT2D eigenvalue weighted by Gasteiger charge is 2.21. The SMILES string of the molecule is CC(C)c1ccc(C(=O)N2CCOCC2)nc1F. The Morgan fingerprint density at radius 1 is 1.39 bits per heavy atom. The summed E-state index contributed by atoms with van der Waals surface area (Å²) in [4.78, 5) is 17.5. The lowest BCUT2D eigenvalue weighted by atomic mass is 10.1. The number of rotatable bonds is 2. The van der Waals surface area contributed by atoms with E-state index in [1.54, 1.807) is 17.0 Å². The van der Waals surface area contributed by atoms with Gasteiger partial charge in [-0.2, -0.15) is 4.39 Å². The molecule has 5 heteroatoms. The quantitative estimate of drug-likeness (QED) is 0.754. The van der Waals surface area contributed by atoms with E-state index >= 15 is 0 Å². The number of amides is 1. The molecular weight excluding hydrogens is 235 g/mol. The molecule has 0 spiro atoms. The molecule has 0 atom stereocenters. The number of nitrogens with zero attached hydrogens (tertiary/aromatic N) is 2. The summed E-state index contributed by atoms with van der Waals surface area (Å²) in [7, 11) is 0. The Morgan fingerprint density at radius 2 is 2.06 bits per heavy atom. The van der Waals surface area contributed by atoms with E-state index in [9.17, 15) is 9.18 Å². The summed E-state index contributed by atoms with van der Waals surface area (Å²) in [6.07, 6.45) is 0. The first-order valence-electron chi connectivity index (χ1n) is 6.13. The van der Waals surface area contributed by atoms with Gasteiger partial charge in [0.1, 0.15) is 5.69 Å². The lowest BCUT2D eigenvalue weighted by molar-refractivity contribution is 0.0298.